The molecule has 0 saturated heterocycles. The van der Waals surface area contributed by atoms with Crippen molar-refractivity contribution < 1.29 is 4.74 Å². The summed E-state index contributed by atoms with van der Waals surface area (Å²) in [5, 5.41) is 4.33. The Labute approximate surface area is 112 Å². The van der Waals surface area contributed by atoms with Crippen molar-refractivity contribution in [3.05, 3.63) is 18.0 Å². The molecular weight excluding hydrogens is 224 g/mol. The molecule has 0 aliphatic heterocycles. The Kier molecular flexibility index (Phi) is 7.74. The number of hydrogen-bond donors (Lipinski definition) is 0. The fourth-order valence-electron chi connectivity index (χ4n) is 2.41. The zero-order chi connectivity index (χ0) is 13.2. The smallest absolute Gasteiger partial charge is 0.0518 e. The molecule has 0 atom stereocenters. The number of aromatic nitrogens is 2. The summed E-state index contributed by atoms with van der Waals surface area (Å²) >= 11 is 0. The van der Waals surface area contributed by atoms with E-state index in [0.717, 1.165) is 25.5 Å². The van der Waals surface area contributed by atoms with Crippen molar-refractivity contribution in [1.82, 2.24) is 9.78 Å². The largest absolute Gasteiger partial charge is 0.385 e. The maximum atomic E-state index is 4.69. The first-order valence-corrected chi connectivity index (χ1v) is 7.24. The quantitative estimate of drug-likeness (QED) is 0.814. The first-order chi connectivity index (χ1) is 8.76. The van der Waals surface area contributed by atoms with Crippen LogP contribution in [0.1, 0.15) is 51.0 Å². The first kappa shape index (κ1) is 15.2. The van der Waals surface area contributed by atoms with E-state index in [-0.39, 0.29) is 0 Å². The monoisotopic (exact) mass is 252 g/mol. The second-order valence-electron chi connectivity index (χ2n) is 5.24. The highest BCUT2D eigenvalue weighted by atomic mass is 16.5. The molecule has 0 aromatic carbocycles. The van der Waals surface area contributed by atoms with Crippen LogP contribution < -0.4 is 0 Å². The third-order valence-electron chi connectivity index (χ3n) is 3.34. The van der Waals surface area contributed by atoms with Gasteiger partial charge in [0.2, 0.25) is 0 Å². The Morgan fingerprint density at radius 2 is 2.06 bits per heavy atom. The third kappa shape index (κ3) is 6.20. The molecule has 104 valence electrons. The van der Waals surface area contributed by atoms with Gasteiger partial charge in [0.15, 0.2) is 0 Å². The van der Waals surface area contributed by atoms with Crippen LogP contribution in [0.4, 0.5) is 0 Å². The first-order valence-electron chi connectivity index (χ1n) is 7.24. The molecule has 2 rings (SSSR count). The van der Waals surface area contributed by atoms with Crippen LogP contribution >= 0.6 is 0 Å². The maximum Gasteiger partial charge on any atom is 0.0518 e. The molecule has 0 spiro atoms. The van der Waals surface area contributed by atoms with Gasteiger partial charge in [0.05, 0.1) is 6.20 Å². The molecule has 1 aliphatic rings. The minimum Gasteiger partial charge on any atom is -0.385 e. The Hall–Kier alpha value is -0.830. The van der Waals surface area contributed by atoms with Gasteiger partial charge in [0, 0.05) is 26.5 Å². The lowest BCUT2D eigenvalue weighted by Gasteiger charge is -2.21. The summed E-state index contributed by atoms with van der Waals surface area (Å²) in [5.74, 6) is 0.882. The van der Waals surface area contributed by atoms with Crippen LogP contribution in [0.15, 0.2) is 12.4 Å². The van der Waals surface area contributed by atoms with E-state index in [1.54, 1.807) is 7.11 Å². The second kappa shape index (κ2) is 9.15. The Morgan fingerprint density at radius 3 is 2.50 bits per heavy atom. The van der Waals surface area contributed by atoms with Crippen LogP contribution in [0, 0.1) is 12.8 Å². The third-order valence-corrected chi connectivity index (χ3v) is 3.34. The molecule has 0 radical (unpaired) electrons. The summed E-state index contributed by atoms with van der Waals surface area (Å²) in [5.41, 5.74) is 1.27. The lowest BCUT2D eigenvalue weighted by Crippen LogP contribution is -2.14. The van der Waals surface area contributed by atoms with E-state index in [1.165, 1.54) is 37.7 Å². The molecule has 18 heavy (non-hydrogen) atoms. The van der Waals surface area contributed by atoms with Gasteiger partial charge in [-0.25, -0.2) is 0 Å². The lowest BCUT2D eigenvalue weighted by molar-refractivity contribution is 0.199. The summed E-state index contributed by atoms with van der Waals surface area (Å²) in [6, 6.07) is 0. The van der Waals surface area contributed by atoms with Gasteiger partial charge in [0.1, 0.15) is 0 Å². The van der Waals surface area contributed by atoms with Crippen molar-refractivity contribution in [2.75, 3.05) is 13.7 Å². The minimum atomic E-state index is 0.882. The fraction of sp³-hybridized carbons (Fsp3) is 0.800. The molecule has 3 nitrogen and oxygen atoms in total. The molecule has 1 heterocycles. The van der Waals surface area contributed by atoms with E-state index >= 15 is 0 Å². The molecule has 0 N–H and O–H groups in total. The fourth-order valence-corrected chi connectivity index (χ4v) is 2.41. The molecule has 1 saturated carbocycles. The van der Waals surface area contributed by atoms with Crippen molar-refractivity contribution in [1.29, 1.82) is 0 Å². The van der Waals surface area contributed by atoms with Gasteiger partial charge in [-0.3, -0.25) is 4.68 Å². The van der Waals surface area contributed by atoms with Crippen molar-refractivity contribution in [2.45, 2.75) is 58.9 Å². The molecule has 0 unspecified atom stereocenters. The van der Waals surface area contributed by atoms with Gasteiger partial charge in [0.25, 0.3) is 0 Å². The van der Waals surface area contributed by atoms with E-state index < -0.39 is 0 Å². The van der Waals surface area contributed by atoms with Gasteiger partial charge in [-0.05, 0) is 37.7 Å². The summed E-state index contributed by atoms with van der Waals surface area (Å²) in [6.07, 6.45) is 12.3. The maximum absolute atomic E-state index is 4.69. The highest BCUT2D eigenvalue weighted by molar-refractivity contribution is 4.99. The van der Waals surface area contributed by atoms with Gasteiger partial charge >= 0.3 is 0 Å². The summed E-state index contributed by atoms with van der Waals surface area (Å²) < 4.78 is 6.79. The van der Waals surface area contributed by atoms with Gasteiger partial charge in [-0.1, -0.05) is 26.2 Å². The average Bonchev–Trinajstić information content (AvgIpc) is 2.78. The Morgan fingerprint density at radius 1 is 1.33 bits per heavy atom. The molecule has 1 aromatic heterocycles. The number of nitrogens with zero attached hydrogens (tertiary/aromatic N) is 2. The van der Waals surface area contributed by atoms with Gasteiger partial charge < -0.3 is 4.74 Å². The van der Waals surface area contributed by atoms with Crippen molar-refractivity contribution >= 4 is 0 Å². The van der Waals surface area contributed by atoms with E-state index in [4.69, 9.17) is 4.74 Å². The lowest BCUT2D eigenvalue weighted by atomic mass is 9.89. The Balaban J connectivity index is 0.000000280. The highest BCUT2D eigenvalue weighted by Gasteiger charge is 2.13. The molecule has 1 aliphatic carbocycles. The van der Waals surface area contributed by atoms with E-state index in [1.807, 2.05) is 6.20 Å². The summed E-state index contributed by atoms with van der Waals surface area (Å²) in [7, 11) is 1.71. The van der Waals surface area contributed by atoms with Crippen molar-refractivity contribution in [2.24, 2.45) is 5.92 Å². The molecule has 1 fully saturated rings. The topological polar surface area (TPSA) is 27.1 Å². The van der Waals surface area contributed by atoms with Gasteiger partial charge in [-0.15, -0.1) is 0 Å². The second-order valence-corrected chi connectivity index (χ2v) is 5.24. The van der Waals surface area contributed by atoms with Crippen LogP contribution in [0.5, 0.6) is 0 Å². The van der Waals surface area contributed by atoms with E-state index in [9.17, 15) is 0 Å². The number of hydrogen-bond acceptors (Lipinski definition) is 2. The number of ether oxygens (including phenoxy) is 1. The molecule has 0 bridgehead atoms. The highest BCUT2D eigenvalue weighted by Crippen LogP contribution is 2.24. The summed E-state index contributed by atoms with van der Waals surface area (Å²) in [6.45, 7) is 6.21. The zero-order valence-corrected chi connectivity index (χ0v) is 12.2. The number of rotatable bonds is 4. The van der Waals surface area contributed by atoms with Crippen LogP contribution in [0.2, 0.25) is 0 Å². The minimum absolute atomic E-state index is 0.882. The van der Waals surface area contributed by atoms with Crippen molar-refractivity contribution in [3.8, 4) is 0 Å². The van der Waals surface area contributed by atoms with Crippen molar-refractivity contribution in [3.63, 3.8) is 0 Å². The van der Waals surface area contributed by atoms with Crippen LogP contribution in [-0.4, -0.2) is 23.5 Å². The van der Waals surface area contributed by atoms with E-state index in [2.05, 4.69) is 29.8 Å². The predicted molar refractivity (Wildman–Crippen MR) is 75.7 cm³/mol. The number of methoxy groups -OCH3 is 1. The normalized spacial score (nSPS) is 16.2. The van der Waals surface area contributed by atoms with Crippen LogP contribution in [0.3, 0.4) is 0 Å². The van der Waals surface area contributed by atoms with E-state index in [0.29, 0.717) is 0 Å². The van der Waals surface area contributed by atoms with Crippen LogP contribution in [-0.2, 0) is 11.3 Å². The summed E-state index contributed by atoms with van der Waals surface area (Å²) in [4.78, 5) is 0. The number of aryl methyl sites for hydroxylation is 1. The molecule has 0 amide bonds. The molecule has 3 heteroatoms. The van der Waals surface area contributed by atoms with Gasteiger partial charge in [-0.2, -0.15) is 5.10 Å². The standard InChI is InChI=1S/C11H18N2.C4H10O/c1-10-7-12-13(8-10)9-11-5-3-2-4-6-11;1-3-4-5-2/h7-8,11H,2-6,9H2,1H3;3-4H2,1-2H3. The molecule has 1 aromatic rings. The predicted octanol–water partition coefficient (Wildman–Crippen LogP) is 3.81. The molecular formula is C15H28N2O. The average molecular weight is 252 g/mol. The van der Waals surface area contributed by atoms with Crippen LogP contribution in [0.25, 0.3) is 0 Å². The Bertz CT molecular complexity index is 301. The SMILES string of the molecule is CCCOC.Cc1cnn(CC2CCCCC2)c1. The zero-order valence-electron chi connectivity index (χ0n) is 12.2.